The average molecular weight is 379 g/mol. The number of methoxy groups -OCH3 is 1. The zero-order chi connectivity index (χ0) is 19.8. The van der Waals surface area contributed by atoms with E-state index >= 15 is 0 Å². The summed E-state index contributed by atoms with van der Waals surface area (Å²) in [6.07, 6.45) is 1.01. The summed E-state index contributed by atoms with van der Waals surface area (Å²) in [5.41, 5.74) is 1.20. The molecule has 1 aliphatic heterocycles. The summed E-state index contributed by atoms with van der Waals surface area (Å²) in [7, 11) is 3.54. The van der Waals surface area contributed by atoms with Crippen LogP contribution in [0.4, 0.5) is 0 Å². The lowest BCUT2D eigenvalue weighted by molar-refractivity contribution is -0.147. The SMILES string of the molecule is COC(=O)C1CCN(CC(O)COc2cccc(CN(C)C(C)C)c2)CC1. The first kappa shape index (κ1) is 21.7. The number of carbonyl (C=O) groups is 1. The van der Waals surface area contributed by atoms with Crippen LogP contribution in [0, 0.1) is 5.92 Å². The van der Waals surface area contributed by atoms with Crippen molar-refractivity contribution in [1.82, 2.24) is 9.80 Å². The molecule has 1 saturated heterocycles. The lowest BCUT2D eigenvalue weighted by Crippen LogP contribution is -2.42. The van der Waals surface area contributed by atoms with Crippen molar-refractivity contribution in [2.24, 2.45) is 5.92 Å². The monoisotopic (exact) mass is 378 g/mol. The van der Waals surface area contributed by atoms with Crippen molar-refractivity contribution >= 4 is 5.97 Å². The highest BCUT2D eigenvalue weighted by molar-refractivity contribution is 5.72. The highest BCUT2D eigenvalue weighted by atomic mass is 16.5. The number of piperidine rings is 1. The molecule has 1 unspecified atom stereocenters. The number of aliphatic hydroxyl groups is 1. The zero-order valence-corrected chi connectivity index (χ0v) is 17.1. The van der Waals surface area contributed by atoms with E-state index in [0.29, 0.717) is 12.6 Å². The number of aliphatic hydroxyl groups excluding tert-OH is 1. The van der Waals surface area contributed by atoms with Crippen molar-refractivity contribution in [3.8, 4) is 5.75 Å². The van der Waals surface area contributed by atoms with Crippen LogP contribution in [0.1, 0.15) is 32.3 Å². The van der Waals surface area contributed by atoms with E-state index in [0.717, 1.165) is 38.2 Å². The number of hydrogen-bond acceptors (Lipinski definition) is 6. The highest BCUT2D eigenvalue weighted by Gasteiger charge is 2.26. The Morgan fingerprint density at radius 1 is 1.33 bits per heavy atom. The summed E-state index contributed by atoms with van der Waals surface area (Å²) < 4.78 is 10.6. The largest absolute Gasteiger partial charge is 0.491 e. The van der Waals surface area contributed by atoms with E-state index in [4.69, 9.17) is 9.47 Å². The Kier molecular flexibility index (Phi) is 8.54. The Balaban J connectivity index is 1.74. The van der Waals surface area contributed by atoms with E-state index in [1.165, 1.54) is 12.7 Å². The molecule has 0 saturated carbocycles. The quantitative estimate of drug-likeness (QED) is 0.665. The standard InChI is InChI=1S/C21H34N2O4/c1-16(2)22(3)13-17-6-5-7-20(12-17)27-15-19(24)14-23-10-8-18(9-11-23)21(25)26-4/h5-7,12,16,18-19,24H,8-11,13-15H2,1-4H3. The first-order valence-electron chi connectivity index (χ1n) is 9.79. The molecule has 6 nitrogen and oxygen atoms in total. The molecule has 0 bridgehead atoms. The van der Waals surface area contributed by atoms with Crippen LogP contribution >= 0.6 is 0 Å². The van der Waals surface area contributed by atoms with Crippen LogP contribution in [-0.4, -0.2) is 73.4 Å². The number of carbonyl (C=O) groups excluding carboxylic acids is 1. The summed E-state index contributed by atoms with van der Waals surface area (Å²) in [4.78, 5) is 16.0. The lowest BCUT2D eigenvalue weighted by Gasteiger charge is -2.31. The predicted octanol–water partition coefficient (Wildman–Crippen LogP) is 2.15. The minimum atomic E-state index is -0.554. The second kappa shape index (κ2) is 10.6. The molecular weight excluding hydrogens is 344 g/mol. The molecule has 1 atom stereocenters. The maximum Gasteiger partial charge on any atom is 0.308 e. The van der Waals surface area contributed by atoms with Crippen LogP contribution < -0.4 is 4.74 Å². The number of ether oxygens (including phenoxy) is 2. The Labute approximate surface area is 163 Å². The molecule has 27 heavy (non-hydrogen) atoms. The summed E-state index contributed by atoms with van der Waals surface area (Å²) in [5, 5.41) is 10.3. The first-order chi connectivity index (χ1) is 12.9. The van der Waals surface area contributed by atoms with Crippen molar-refractivity contribution in [1.29, 1.82) is 0 Å². The molecule has 152 valence electrons. The lowest BCUT2D eigenvalue weighted by atomic mass is 9.97. The van der Waals surface area contributed by atoms with Crippen LogP contribution in [-0.2, 0) is 16.1 Å². The second-order valence-electron chi connectivity index (χ2n) is 7.72. The molecule has 0 spiro atoms. The van der Waals surface area contributed by atoms with E-state index in [1.54, 1.807) is 0 Å². The topological polar surface area (TPSA) is 62.2 Å². The van der Waals surface area contributed by atoms with E-state index in [9.17, 15) is 9.90 Å². The summed E-state index contributed by atoms with van der Waals surface area (Å²) in [6.45, 7) is 7.63. The Morgan fingerprint density at radius 2 is 2.04 bits per heavy atom. The Bertz CT molecular complexity index is 585. The van der Waals surface area contributed by atoms with Gasteiger partial charge in [0.1, 0.15) is 18.5 Å². The van der Waals surface area contributed by atoms with Gasteiger partial charge in [0.15, 0.2) is 0 Å². The van der Waals surface area contributed by atoms with Gasteiger partial charge in [-0.1, -0.05) is 12.1 Å². The van der Waals surface area contributed by atoms with Crippen molar-refractivity contribution in [3.63, 3.8) is 0 Å². The minimum absolute atomic E-state index is 0.00801. The van der Waals surface area contributed by atoms with Gasteiger partial charge in [0, 0.05) is 19.1 Å². The van der Waals surface area contributed by atoms with Crippen LogP contribution in [0.15, 0.2) is 24.3 Å². The van der Waals surface area contributed by atoms with Gasteiger partial charge in [-0.3, -0.25) is 9.69 Å². The number of rotatable bonds is 9. The number of β-amino-alcohol motifs (C(OH)–C–C–N with tert-alkyl or cyclic N) is 1. The molecular formula is C21H34N2O4. The summed E-state index contributed by atoms with van der Waals surface area (Å²) >= 11 is 0. The first-order valence-corrected chi connectivity index (χ1v) is 9.79. The summed E-state index contributed by atoms with van der Waals surface area (Å²) in [6, 6.07) is 8.52. The van der Waals surface area contributed by atoms with Crippen molar-refractivity contribution in [2.45, 2.75) is 45.4 Å². The maximum atomic E-state index is 11.6. The molecule has 1 heterocycles. The van der Waals surface area contributed by atoms with Crippen LogP contribution in [0.3, 0.4) is 0 Å². The van der Waals surface area contributed by atoms with Crippen LogP contribution in [0.2, 0.25) is 0 Å². The average Bonchev–Trinajstić information content (AvgIpc) is 2.66. The normalized spacial score (nSPS) is 17.3. The van der Waals surface area contributed by atoms with Gasteiger partial charge in [-0.25, -0.2) is 0 Å². The van der Waals surface area contributed by atoms with E-state index < -0.39 is 6.10 Å². The van der Waals surface area contributed by atoms with Gasteiger partial charge >= 0.3 is 5.97 Å². The Morgan fingerprint density at radius 3 is 2.67 bits per heavy atom. The number of hydrogen-bond donors (Lipinski definition) is 1. The molecule has 1 fully saturated rings. The number of nitrogens with zero attached hydrogens (tertiary/aromatic N) is 2. The fourth-order valence-electron chi connectivity index (χ4n) is 3.27. The van der Waals surface area contributed by atoms with Crippen LogP contribution in [0.25, 0.3) is 0 Å². The van der Waals surface area contributed by atoms with Gasteiger partial charge < -0.3 is 19.5 Å². The molecule has 2 rings (SSSR count). The predicted molar refractivity (Wildman–Crippen MR) is 106 cm³/mol. The fourth-order valence-corrected chi connectivity index (χ4v) is 3.27. The van der Waals surface area contributed by atoms with Crippen molar-refractivity contribution < 1.29 is 19.4 Å². The summed E-state index contributed by atoms with van der Waals surface area (Å²) in [5.74, 6) is 0.654. The minimum Gasteiger partial charge on any atom is -0.491 e. The highest BCUT2D eigenvalue weighted by Crippen LogP contribution is 2.19. The third-order valence-corrected chi connectivity index (χ3v) is 5.25. The van der Waals surface area contributed by atoms with E-state index in [2.05, 4.69) is 36.8 Å². The number of likely N-dealkylation sites (tertiary alicyclic amines) is 1. The van der Waals surface area contributed by atoms with Gasteiger partial charge in [0.05, 0.1) is 13.0 Å². The molecule has 0 amide bonds. The van der Waals surface area contributed by atoms with Crippen molar-refractivity contribution in [2.75, 3.05) is 40.4 Å². The molecule has 0 radical (unpaired) electrons. The smallest absolute Gasteiger partial charge is 0.308 e. The number of benzene rings is 1. The molecule has 0 aromatic heterocycles. The maximum absolute atomic E-state index is 11.6. The molecule has 1 aliphatic rings. The number of esters is 1. The van der Waals surface area contributed by atoms with Gasteiger partial charge in [-0.15, -0.1) is 0 Å². The van der Waals surface area contributed by atoms with Gasteiger partial charge in [-0.05, 0) is 64.5 Å². The van der Waals surface area contributed by atoms with Gasteiger partial charge in [0.25, 0.3) is 0 Å². The third kappa shape index (κ3) is 7.13. The molecule has 0 aliphatic carbocycles. The van der Waals surface area contributed by atoms with Crippen molar-refractivity contribution in [3.05, 3.63) is 29.8 Å². The Hall–Kier alpha value is -1.63. The second-order valence-corrected chi connectivity index (χ2v) is 7.72. The van der Waals surface area contributed by atoms with Gasteiger partial charge in [0.2, 0.25) is 0 Å². The fraction of sp³-hybridized carbons (Fsp3) is 0.667. The molecule has 1 N–H and O–H groups in total. The zero-order valence-electron chi connectivity index (χ0n) is 17.1. The molecule has 1 aromatic rings. The van der Waals surface area contributed by atoms with E-state index in [1.807, 2.05) is 18.2 Å². The molecule has 1 aromatic carbocycles. The molecule has 6 heteroatoms. The van der Waals surface area contributed by atoms with E-state index in [-0.39, 0.29) is 18.5 Å². The van der Waals surface area contributed by atoms with Gasteiger partial charge in [-0.2, -0.15) is 0 Å². The third-order valence-electron chi connectivity index (χ3n) is 5.25. The van der Waals surface area contributed by atoms with Crippen LogP contribution in [0.5, 0.6) is 5.75 Å².